The van der Waals surface area contributed by atoms with Crippen molar-refractivity contribution in [3.63, 3.8) is 0 Å². The molecule has 0 unspecified atom stereocenters. The van der Waals surface area contributed by atoms with Gasteiger partial charge in [0.1, 0.15) is 5.52 Å². The molecule has 3 aromatic rings. The molecule has 1 aromatic carbocycles. The van der Waals surface area contributed by atoms with Crippen molar-refractivity contribution in [1.82, 2.24) is 24.6 Å². The van der Waals surface area contributed by atoms with Crippen molar-refractivity contribution < 1.29 is 9.47 Å². The van der Waals surface area contributed by atoms with E-state index in [1.807, 2.05) is 16.8 Å². The molecule has 1 atom stereocenters. The van der Waals surface area contributed by atoms with Crippen LogP contribution < -0.4 is 15.2 Å². The van der Waals surface area contributed by atoms with Gasteiger partial charge in [0.2, 0.25) is 0 Å². The second-order valence-electron chi connectivity index (χ2n) is 7.04. The van der Waals surface area contributed by atoms with Crippen LogP contribution in [-0.4, -0.2) is 58.5 Å². The lowest BCUT2D eigenvalue weighted by atomic mass is 10.0. The van der Waals surface area contributed by atoms with Gasteiger partial charge in [-0.05, 0) is 30.7 Å². The zero-order valence-electron chi connectivity index (χ0n) is 16.3. The molecule has 0 radical (unpaired) electrons. The molecular weight excluding hydrogens is 356 g/mol. The normalized spacial score (nSPS) is 17.3. The van der Waals surface area contributed by atoms with Crippen LogP contribution in [0.5, 0.6) is 11.5 Å². The predicted molar refractivity (Wildman–Crippen MR) is 107 cm³/mol. The Bertz CT molecular complexity index is 957. The van der Waals surface area contributed by atoms with Crippen molar-refractivity contribution in [3.8, 4) is 11.5 Å². The summed E-state index contributed by atoms with van der Waals surface area (Å²) in [6.45, 7) is 4.01. The van der Waals surface area contributed by atoms with E-state index in [4.69, 9.17) is 20.3 Å². The maximum absolute atomic E-state index is 5.73. The van der Waals surface area contributed by atoms with Crippen LogP contribution in [0, 0.1) is 0 Å². The van der Waals surface area contributed by atoms with Gasteiger partial charge in [-0.1, -0.05) is 6.07 Å². The topological polar surface area (TPSA) is 91.3 Å². The Kier molecular flexibility index (Phi) is 5.40. The second-order valence-corrected chi connectivity index (χ2v) is 7.04. The smallest absolute Gasteiger partial charge is 0.177 e. The van der Waals surface area contributed by atoms with Crippen molar-refractivity contribution in [2.45, 2.75) is 25.4 Å². The zero-order valence-corrected chi connectivity index (χ0v) is 16.3. The van der Waals surface area contributed by atoms with E-state index in [-0.39, 0.29) is 0 Å². The highest BCUT2D eigenvalue weighted by molar-refractivity contribution is 5.73. The molecule has 8 heteroatoms. The minimum Gasteiger partial charge on any atom is -0.493 e. The van der Waals surface area contributed by atoms with Crippen LogP contribution in [0.1, 0.15) is 23.6 Å². The number of benzene rings is 1. The van der Waals surface area contributed by atoms with E-state index in [9.17, 15) is 0 Å². The number of aromatic nitrogens is 4. The van der Waals surface area contributed by atoms with E-state index in [2.05, 4.69) is 20.9 Å². The van der Waals surface area contributed by atoms with Gasteiger partial charge in [-0.2, -0.15) is 5.10 Å². The van der Waals surface area contributed by atoms with Gasteiger partial charge in [0.15, 0.2) is 17.1 Å². The third kappa shape index (κ3) is 3.53. The highest BCUT2D eigenvalue weighted by atomic mass is 16.5. The number of likely N-dealkylation sites (tertiary alicyclic amines) is 1. The van der Waals surface area contributed by atoms with E-state index < -0.39 is 0 Å². The number of hydrogen-bond acceptors (Lipinski definition) is 7. The molecule has 0 aliphatic carbocycles. The molecule has 1 saturated heterocycles. The monoisotopic (exact) mass is 382 g/mol. The number of ether oxygens (including phenoxy) is 2. The molecule has 0 spiro atoms. The maximum Gasteiger partial charge on any atom is 0.177 e. The fraction of sp³-hybridized carbons (Fsp3) is 0.450. The Morgan fingerprint density at radius 1 is 1.14 bits per heavy atom. The summed E-state index contributed by atoms with van der Waals surface area (Å²) in [5.41, 5.74) is 9.69. The molecule has 4 rings (SSSR count). The Morgan fingerprint density at radius 2 is 1.96 bits per heavy atom. The molecule has 0 saturated carbocycles. The maximum atomic E-state index is 5.73. The number of nitrogens with zero attached hydrogens (tertiary/aromatic N) is 5. The highest BCUT2D eigenvalue weighted by Gasteiger charge is 2.29. The summed E-state index contributed by atoms with van der Waals surface area (Å²) in [6, 6.07) is 6.09. The number of methoxy groups -OCH3 is 2. The van der Waals surface area contributed by atoms with Crippen LogP contribution >= 0.6 is 0 Å². The van der Waals surface area contributed by atoms with E-state index in [1.165, 1.54) is 5.56 Å². The van der Waals surface area contributed by atoms with Crippen LogP contribution in [-0.2, 0) is 13.1 Å². The first-order valence-electron chi connectivity index (χ1n) is 9.54. The van der Waals surface area contributed by atoms with Gasteiger partial charge >= 0.3 is 0 Å². The number of rotatable bonds is 7. The van der Waals surface area contributed by atoms with Crippen LogP contribution in [0.4, 0.5) is 0 Å². The fourth-order valence-corrected chi connectivity index (χ4v) is 3.91. The highest BCUT2D eigenvalue weighted by Crippen LogP contribution is 2.32. The first-order valence-corrected chi connectivity index (χ1v) is 9.54. The van der Waals surface area contributed by atoms with E-state index in [1.54, 1.807) is 26.6 Å². The lowest BCUT2D eigenvalue weighted by Crippen LogP contribution is -2.20. The molecule has 2 aromatic heterocycles. The quantitative estimate of drug-likeness (QED) is 0.666. The van der Waals surface area contributed by atoms with Crippen molar-refractivity contribution in [2.24, 2.45) is 5.73 Å². The van der Waals surface area contributed by atoms with Crippen LogP contribution in [0.3, 0.4) is 0 Å². The van der Waals surface area contributed by atoms with Crippen molar-refractivity contribution in [1.29, 1.82) is 0 Å². The van der Waals surface area contributed by atoms with E-state index in [0.29, 0.717) is 19.0 Å². The average molecular weight is 382 g/mol. The molecule has 0 amide bonds. The largest absolute Gasteiger partial charge is 0.493 e. The first kappa shape index (κ1) is 18.6. The third-order valence-corrected chi connectivity index (χ3v) is 5.25. The van der Waals surface area contributed by atoms with Crippen molar-refractivity contribution in [2.75, 3.05) is 33.9 Å². The number of hydrogen-bond donors (Lipinski definition) is 1. The summed E-state index contributed by atoms with van der Waals surface area (Å²) in [5.74, 6) is 1.86. The SMILES string of the molecule is COc1ccc(CN2CC[C@H](c3nn(CCN)c4nccnc34)C2)cc1OC. The number of nitrogens with two attached hydrogens (primary N) is 1. The zero-order chi connectivity index (χ0) is 19.5. The Hall–Kier alpha value is -2.71. The molecule has 1 aliphatic heterocycles. The van der Waals surface area contributed by atoms with Gasteiger partial charge in [0.05, 0.1) is 26.5 Å². The average Bonchev–Trinajstić information content (AvgIpc) is 3.33. The fourth-order valence-electron chi connectivity index (χ4n) is 3.91. The summed E-state index contributed by atoms with van der Waals surface area (Å²) >= 11 is 0. The minimum absolute atomic E-state index is 0.346. The van der Waals surface area contributed by atoms with E-state index in [0.717, 1.165) is 54.4 Å². The van der Waals surface area contributed by atoms with E-state index >= 15 is 0 Å². The summed E-state index contributed by atoms with van der Waals surface area (Å²) in [6.07, 6.45) is 4.49. The summed E-state index contributed by atoms with van der Waals surface area (Å²) in [7, 11) is 3.32. The summed E-state index contributed by atoms with van der Waals surface area (Å²) in [4.78, 5) is 11.4. The summed E-state index contributed by atoms with van der Waals surface area (Å²) < 4.78 is 12.6. The van der Waals surface area contributed by atoms with Crippen LogP contribution in [0.25, 0.3) is 11.2 Å². The predicted octanol–water partition coefficient (Wildman–Crippen LogP) is 1.79. The van der Waals surface area contributed by atoms with Gasteiger partial charge < -0.3 is 15.2 Å². The van der Waals surface area contributed by atoms with Gasteiger partial charge in [-0.3, -0.25) is 4.90 Å². The molecule has 148 valence electrons. The second kappa shape index (κ2) is 8.12. The molecule has 0 bridgehead atoms. The molecule has 2 N–H and O–H groups in total. The standard InChI is InChI=1S/C20H26N6O2/c1-27-16-4-3-14(11-17(16)28-2)12-25-9-5-15(13-25)18-19-20(23-8-7-22-19)26(24-18)10-6-21/h3-4,7-8,11,15H,5-6,9-10,12-13,21H2,1-2H3/t15-/m0/s1. The minimum atomic E-state index is 0.346. The lowest BCUT2D eigenvalue weighted by molar-refractivity contribution is 0.323. The molecule has 3 heterocycles. The van der Waals surface area contributed by atoms with Crippen LogP contribution in [0.2, 0.25) is 0 Å². The Labute approximate surface area is 164 Å². The van der Waals surface area contributed by atoms with Gasteiger partial charge in [0, 0.05) is 37.9 Å². The third-order valence-electron chi connectivity index (χ3n) is 5.25. The van der Waals surface area contributed by atoms with Gasteiger partial charge in [0.25, 0.3) is 0 Å². The Balaban J connectivity index is 1.51. The summed E-state index contributed by atoms with van der Waals surface area (Å²) in [5, 5.41) is 4.80. The molecule has 8 nitrogen and oxygen atoms in total. The molecule has 28 heavy (non-hydrogen) atoms. The van der Waals surface area contributed by atoms with Gasteiger partial charge in [-0.25, -0.2) is 14.6 Å². The lowest BCUT2D eigenvalue weighted by Gasteiger charge is -2.17. The molecule has 1 fully saturated rings. The first-order chi connectivity index (χ1) is 13.7. The van der Waals surface area contributed by atoms with Gasteiger partial charge in [-0.15, -0.1) is 0 Å². The van der Waals surface area contributed by atoms with Crippen molar-refractivity contribution >= 4 is 11.2 Å². The number of fused-ring (bicyclic) bond motifs is 1. The van der Waals surface area contributed by atoms with Crippen LogP contribution in [0.15, 0.2) is 30.6 Å². The van der Waals surface area contributed by atoms with Crippen molar-refractivity contribution in [3.05, 3.63) is 41.9 Å². The Morgan fingerprint density at radius 3 is 2.75 bits per heavy atom. The molecular formula is C20H26N6O2. The molecule has 1 aliphatic rings.